The SMILES string of the molecule is CC(C)=CCC/C(C)=C/COc1ccc(OC/C=C(\C)CCC=C(C)C)c(C(=O)NCCc2ccncc2)c1. The fourth-order valence-corrected chi connectivity index (χ4v) is 3.80. The second-order valence-corrected chi connectivity index (χ2v) is 10.4. The van der Waals surface area contributed by atoms with E-state index in [1.807, 2.05) is 24.3 Å². The number of pyridine rings is 1. The van der Waals surface area contributed by atoms with Gasteiger partial charge in [-0.15, -0.1) is 0 Å². The molecule has 1 aromatic heterocycles. The Hall–Kier alpha value is -3.60. The molecule has 0 atom stereocenters. The van der Waals surface area contributed by atoms with E-state index in [2.05, 4.69) is 76.1 Å². The van der Waals surface area contributed by atoms with Gasteiger partial charge in [-0.25, -0.2) is 0 Å². The molecule has 0 saturated carbocycles. The Balaban J connectivity index is 2.06. The minimum absolute atomic E-state index is 0.179. The van der Waals surface area contributed by atoms with Gasteiger partial charge in [0.05, 0.1) is 5.56 Å². The lowest BCUT2D eigenvalue weighted by Crippen LogP contribution is -2.26. The highest BCUT2D eigenvalue weighted by Gasteiger charge is 2.14. The average molecular weight is 531 g/mol. The molecule has 0 radical (unpaired) electrons. The van der Waals surface area contributed by atoms with Crippen molar-refractivity contribution >= 4 is 5.91 Å². The first-order valence-electron chi connectivity index (χ1n) is 13.9. The molecule has 39 heavy (non-hydrogen) atoms. The number of carbonyl (C=O) groups excluding carboxylic acids is 1. The van der Waals surface area contributed by atoms with Crippen LogP contribution in [0, 0.1) is 0 Å². The van der Waals surface area contributed by atoms with Crippen LogP contribution in [0.5, 0.6) is 11.5 Å². The van der Waals surface area contributed by atoms with E-state index in [4.69, 9.17) is 9.47 Å². The van der Waals surface area contributed by atoms with Crippen molar-refractivity contribution in [3.63, 3.8) is 0 Å². The van der Waals surface area contributed by atoms with E-state index in [1.165, 1.54) is 22.3 Å². The van der Waals surface area contributed by atoms with E-state index in [0.717, 1.165) is 37.7 Å². The zero-order valence-electron chi connectivity index (χ0n) is 24.7. The number of rotatable bonds is 16. The maximum atomic E-state index is 13.2. The summed E-state index contributed by atoms with van der Waals surface area (Å²) in [6, 6.07) is 9.37. The van der Waals surface area contributed by atoms with Crippen LogP contribution in [-0.4, -0.2) is 30.6 Å². The molecule has 5 heteroatoms. The highest BCUT2D eigenvalue weighted by atomic mass is 16.5. The average Bonchev–Trinajstić information content (AvgIpc) is 2.89. The van der Waals surface area contributed by atoms with Crippen LogP contribution in [0.1, 0.15) is 83.1 Å². The number of nitrogens with one attached hydrogen (secondary N) is 1. The van der Waals surface area contributed by atoms with Crippen LogP contribution in [0.2, 0.25) is 0 Å². The summed E-state index contributed by atoms with van der Waals surface area (Å²) in [4.78, 5) is 17.2. The van der Waals surface area contributed by atoms with Gasteiger partial charge in [-0.1, -0.05) is 34.4 Å². The monoisotopic (exact) mass is 530 g/mol. The topological polar surface area (TPSA) is 60.5 Å². The Morgan fingerprint density at radius 2 is 1.38 bits per heavy atom. The lowest BCUT2D eigenvalue weighted by Gasteiger charge is -2.13. The molecule has 1 amide bonds. The predicted octanol–water partition coefficient (Wildman–Crippen LogP) is 8.20. The van der Waals surface area contributed by atoms with Crippen molar-refractivity contribution in [1.82, 2.24) is 10.3 Å². The Bertz CT molecular complexity index is 1150. The number of ether oxygens (including phenoxy) is 2. The van der Waals surface area contributed by atoms with Crippen LogP contribution in [0.4, 0.5) is 0 Å². The molecule has 0 aliphatic carbocycles. The number of benzene rings is 1. The minimum atomic E-state index is -0.179. The summed E-state index contributed by atoms with van der Waals surface area (Å²) < 4.78 is 12.0. The molecular formula is C34H46N2O3. The first kappa shape index (κ1) is 31.6. The molecule has 0 unspecified atom stereocenters. The van der Waals surface area contributed by atoms with Crippen molar-refractivity contribution in [3.8, 4) is 11.5 Å². The van der Waals surface area contributed by atoms with E-state index in [1.54, 1.807) is 18.5 Å². The number of nitrogens with zero attached hydrogens (tertiary/aromatic N) is 1. The first-order chi connectivity index (χ1) is 18.7. The number of aromatic nitrogens is 1. The van der Waals surface area contributed by atoms with Gasteiger partial charge in [-0.2, -0.15) is 0 Å². The maximum absolute atomic E-state index is 13.2. The number of allylic oxidation sites excluding steroid dienone is 6. The summed E-state index contributed by atoms with van der Waals surface area (Å²) in [5.41, 5.74) is 6.81. The van der Waals surface area contributed by atoms with Gasteiger partial charge in [0.25, 0.3) is 5.91 Å². The largest absolute Gasteiger partial charge is 0.490 e. The molecule has 0 aliphatic rings. The number of hydrogen-bond acceptors (Lipinski definition) is 4. The van der Waals surface area contributed by atoms with Crippen molar-refractivity contribution in [2.75, 3.05) is 19.8 Å². The molecule has 0 bridgehead atoms. The fraction of sp³-hybridized carbons (Fsp3) is 0.412. The Morgan fingerprint density at radius 3 is 1.97 bits per heavy atom. The van der Waals surface area contributed by atoms with Gasteiger partial charge >= 0.3 is 0 Å². The molecule has 0 fully saturated rings. The third-order valence-corrected chi connectivity index (χ3v) is 6.18. The van der Waals surface area contributed by atoms with E-state index in [-0.39, 0.29) is 5.91 Å². The second-order valence-electron chi connectivity index (χ2n) is 10.4. The number of hydrogen-bond donors (Lipinski definition) is 1. The summed E-state index contributed by atoms with van der Waals surface area (Å²) in [5.74, 6) is 1.01. The number of carbonyl (C=O) groups is 1. The second kappa shape index (κ2) is 17.8. The van der Waals surface area contributed by atoms with Crippen molar-refractivity contribution in [2.45, 2.75) is 73.6 Å². The third-order valence-electron chi connectivity index (χ3n) is 6.18. The van der Waals surface area contributed by atoms with Gasteiger partial charge < -0.3 is 14.8 Å². The van der Waals surface area contributed by atoms with Gasteiger partial charge in [0.2, 0.25) is 0 Å². The smallest absolute Gasteiger partial charge is 0.255 e. The third kappa shape index (κ3) is 13.7. The molecule has 1 aromatic carbocycles. The summed E-state index contributed by atoms with van der Waals surface area (Å²) in [5, 5.41) is 3.03. The molecular weight excluding hydrogens is 484 g/mol. The van der Waals surface area contributed by atoms with Crippen LogP contribution in [0.15, 0.2) is 89.3 Å². The number of amides is 1. The first-order valence-corrected chi connectivity index (χ1v) is 13.9. The predicted molar refractivity (Wildman–Crippen MR) is 163 cm³/mol. The fourth-order valence-electron chi connectivity index (χ4n) is 3.80. The summed E-state index contributed by atoms with van der Waals surface area (Å²) in [6.45, 7) is 14.1. The zero-order valence-corrected chi connectivity index (χ0v) is 24.7. The summed E-state index contributed by atoms with van der Waals surface area (Å²) >= 11 is 0. The van der Waals surface area contributed by atoms with Gasteiger partial charge in [0.15, 0.2) is 0 Å². The van der Waals surface area contributed by atoms with E-state index < -0.39 is 0 Å². The van der Waals surface area contributed by atoms with Crippen LogP contribution < -0.4 is 14.8 Å². The Morgan fingerprint density at radius 1 is 0.795 bits per heavy atom. The van der Waals surface area contributed by atoms with Gasteiger partial charge in [0, 0.05) is 18.9 Å². The quantitative estimate of drug-likeness (QED) is 0.222. The molecule has 1 heterocycles. The van der Waals surface area contributed by atoms with Gasteiger partial charge in [0.1, 0.15) is 24.7 Å². The van der Waals surface area contributed by atoms with Crippen LogP contribution in [0.3, 0.4) is 0 Å². The van der Waals surface area contributed by atoms with Crippen LogP contribution >= 0.6 is 0 Å². The Labute approximate surface area is 235 Å². The van der Waals surface area contributed by atoms with Crippen molar-refractivity contribution in [2.24, 2.45) is 0 Å². The molecule has 0 aliphatic heterocycles. The van der Waals surface area contributed by atoms with Crippen molar-refractivity contribution in [3.05, 3.63) is 100 Å². The van der Waals surface area contributed by atoms with E-state index >= 15 is 0 Å². The van der Waals surface area contributed by atoms with Crippen LogP contribution in [0.25, 0.3) is 0 Å². The van der Waals surface area contributed by atoms with Gasteiger partial charge in [-0.05, 0) is 122 Å². The maximum Gasteiger partial charge on any atom is 0.255 e. The van der Waals surface area contributed by atoms with Crippen LogP contribution in [-0.2, 0) is 6.42 Å². The lowest BCUT2D eigenvalue weighted by molar-refractivity contribution is 0.0950. The van der Waals surface area contributed by atoms with Crippen molar-refractivity contribution in [1.29, 1.82) is 0 Å². The molecule has 210 valence electrons. The van der Waals surface area contributed by atoms with Crippen molar-refractivity contribution < 1.29 is 14.3 Å². The molecule has 5 nitrogen and oxygen atoms in total. The molecule has 0 saturated heterocycles. The molecule has 2 rings (SSSR count). The van der Waals surface area contributed by atoms with E-state index in [9.17, 15) is 4.79 Å². The lowest BCUT2D eigenvalue weighted by atomic mass is 10.1. The minimum Gasteiger partial charge on any atom is -0.490 e. The summed E-state index contributed by atoms with van der Waals surface area (Å²) in [7, 11) is 0. The standard InChI is InChI=1S/C34H46N2O3/c1-26(2)9-7-11-28(5)18-23-38-31-13-14-33(39-24-19-29(6)12-8-10-27(3)4)32(25-31)34(37)36-22-17-30-15-20-35-21-16-30/h9-10,13-16,18-21,25H,7-8,11-12,17,22-24H2,1-6H3,(H,36,37)/b28-18+,29-19+. The zero-order chi connectivity index (χ0) is 28.5. The molecule has 2 aromatic rings. The molecule has 1 N–H and O–H groups in total. The highest BCUT2D eigenvalue weighted by molar-refractivity contribution is 5.97. The van der Waals surface area contributed by atoms with Gasteiger partial charge in [-0.3, -0.25) is 9.78 Å². The normalized spacial score (nSPS) is 11.5. The van der Waals surface area contributed by atoms with E-state index in [0.29, 0.717) is 36.8 Å². The summed E-state index contributed by atoms with van der Waals surface area (Å²) in [6.07, 6.45) is 17.0. The molecule has 0 spiro atoms. The Kier molecular flexibility index (Phi) is 14.5. The highest BCUT2D eigenvalue weighted by Crippen LogP contribution is 2.25.